The SMILES string of the molecule is CC(C)c1cccc(OCC(=O)NCCOCC(=O)O)c1. The summed E-state index contributed by atoms with van der Waals surface area (Å²) in [7, 11) is 0. The lowest BCUT2D eigenvalue weighted by Crippen LogP contribution is -2.32. The summed E-state index contributed by atoms with van der Waals surface area (Å²) in [5.41, 5.74) is 1.15. The third kappa shape index (κ3) is 7.31. The Morgan fingerprint density at radius 1 is 1.29 bits per heavy atom. The molecule has 6 nitrogen and oxygen atoms in total. The Morgan fingerprint density at radius 2 is 2.05 bits per heavy atom. The van der Waals surface area contributed by atoms with Crippen LogP contribution in [0.25, 0.3) is 0 Å². The monoisotopic (exact) mass is 295 g/mol. The zero-order valence-corrected chi connectivity index (χ0v) is 12.3. The second-order valence-corrected chi connectivity index (χ2v) is 4.81. The number of carboxylic acid groups (broad SMARTS) is 1. The molecule has 0 heterocycles. The van der Waals surface area contributed by atoms with Gasteiger partial charge in [-0.25, -0.2) is 4.79 Å². The fourth-order valence-electron chi connectivity index (χ4n) is 1.59. The molecule has 0 unspecified atom stereocenters. The maximum Gasteiger partial charge on any atom is 0.329 e. The van der Waals surface area contributed by atoms with E-state index in [1.807, 2.05) is 18.2 Å². The highest BCUT2D eigenvalue weighted by atomic mass is 16.5. The molecule has 0 bridgehead atoms. The van der Waals surface area contributed by atoms with Gasteiger partial charge in [0.15, 0.2) is 6.61 Å². The molecule has 0 aliphatic rings. The van der Waals surface area contributed by atoms with E-state index in [1.165, 1.54) is 0 Å². The van der Waals surface area contributed by atoms with E-state index in [4.69, 9.17) is 14.6 Å². The van der Waals surface area contributed by atoms with E-state index in [-0.39, 0.29) is 32.3 Å². The first kappa shape index (κ1) is 17.0. The third-order valence-corrected chi connectivity index (χ3v) is 2.69. The van der Waals surface area contributed by atoms with Gasteiger partial charge >= 0.3 is 5.97 Å². The van der Waals surface area contributed by atoms with Crippen molar-refractivity contribution in [2.24, 2.45) is 0 Å². The molecule has 116 valence electrons. The molecule has 6 heteroatoms. The van der Waals surface area contributed by atoms with Crippen LogP contribution in [0.2, 0.25) is 0 Å². The number of carboxylic acids is 1. The largest absolute Gasteiger partial charge is 0.484 e. The minimum Gasteiger partial charge on any atom is -0.484 e. The minimum absolute atomic E-state index is 0.0829. The number of ether oxygens (including phenoxy) is 2. The minimum atomic E-state index is -1.03. The summed E-state index contributed by atoms with van der Waals surface area (Å²) in [6.07, 6.45) is 0. The zero-order chi connectivity index (χ0) is 15.7. The van der Waals surface area contributed by atoms with Crippen LogP contribution >= 0.6 is 0 Å². The predicted molar refractivity (Wildman–Crippen MR) is 77.5 cm³/mol. The van der Waals surface area contributed by atoms with Crippen molar-refractivity contribution in [2.75, 3.05) is 26.4 Å². The van der Waals surface area contributed by atoms with Gasteiger partial charge in [-0.05, 0) is 23.6 Å². The number of hydrogen-bond acceptors (Lipinski definition) is 4. The molecule has 0 aliphatic heterocycles. The Hall–Kier alpha value is -2.08. The van der Waals surface area contributed by atoms with Crippen molar-refractivity contribution in [3.8, 4) is 5.75 Å². The van der Waals surface area contributed by atoms with E-state index >= 15 is 0 Å². The van der Waals surface area contributed by atoms with Crippen LogP contribution in [-0.4, -0.2) is 43.3 Å². The van der Waals surface area contributed by atoms with Gasteiger partial charge in [0.1, 0.15) is 12.4 Å². The predicted octanol–water partition coefficient (Wildman–Crippen LogP) is 1.41. The number of rotatable bonds is 9. The average Bonchev–Trinajstić information content (AvgIpc) is 2.44. The highest BCUT2D eigenvalue weighted by Gasteiger charge is 2.05. The van der Waals surface area contributed by atoms with E-state index in [0.717, 1.165) is 5.56 Å². The van der Waals surface area contributed by atoms with E-state index in [0.29, 0.717) is 11.7 Å². The Morgan fingerprint density at radius 3 is 2.71 bits per heavy atom. The number of aliphatic carboxylic acids is 1. The maximum absolute atomic E-state index is 11.5. The second kappa shape index (κ2) is 8.97. The van der Waals surface area contributed by atoms with Crippen molar-refractivity contribution < 1.29 is 24.2 Å². The molecule has 1 aromatic rings. The Kier molecular flexibility index (Phi) is 7.25. The number of hydrogen-bond donors (Lipinski definition) is 2. The van der Waals surface area contributed by atoms with E-state index < -0.39 is 5.97 Å². The van der Waals surface area contributed by atoms with Crippen molar-refractivity contribution in [1.29, 1.82) is 0 Å². The van der Waals surface area contributed by atoms with Crippen molar-refractivity contribution in [3.63, 3.8) is 0 Å². The Labute approximate surface area is 124 Å². The molecule has 0 saturated heterocycles. The van der Waals surface area contributed by atoms with Gasteiger partial charge in [-0.15, -0.1) is 0 Å². The molecular formula is C15H21NO5. The zero-order valence-electron chi connectivity index (χ0n) is 12.3. The van der Waals surface area contributed by atoms with Crippen molar-refractivity contribution in [3.05, 3.63) is 29.8 Å². The van der Waals surface area contributed by atoms with Gasteiger partial charge in [0.2, 0.25) is 0 Å². The molecule has 0 saturated carbocycles. The molecular weight excluding hydrogens is 274 g/mol. The van der Waals surface area contributed by atoms with Crippen molar-refractivity contribution >= 4 is 11.9 Å². The van der Waals surface area contributed by atoms with E-state index in [9.17, 15) is 9.59 Å². The van der Waals surface area contributed by atoms with Crippen LogP contribution in [0, 0.1) is 0 Å². The first-order valence-corrected chi connectivity index (χ1v) is 6.78. The highest BCUT2D eigenvalue weighted by Crippen LogP contribution is 2.19. The Bertz CT molecular complexity index is 473. The van der Waals surface area contributed by atoms with Crippen LogP contribution in [-0.2, 0) is 14.3 Å². The van der Waals surface area contributed by atoms with Gasteiger partial charge in [0.05, 0.1) is 6.61 Å². The molecule has 0 atom stereocenters. The van der Waals surface area contributed by atoms with Crippen LogP contribution in [0.1, 0.15) is 25.3 Å². The second-order valence-electron chi connectivity index (χ2n) is 4.81. The number of carbonyl (C=O) groups is 2. The molecule has 2 N–H and O–H groups in total. The summed E-state index contributed by atoms with van der Waals surface area (Å²) < 4.78 is 10.2. The molecule has 0 spiro atoms. The standard InChI is InChI=1S/C15H21NO5/c1-11(2)12-4-3-5-13(8-12)21-9-14(17)16-6-7-20-10-15(18)19/h3-5,8,11H,6-7,9-10H2,1-2H3,(H,16,17)(H,18,19). The molecule has 0 aromatic heterocycles. The van der Waals surface area contributed by atoms with Gasteiger partial charge in [-0.3, -0.25) is 4.79 Å². The van der Waals surface area contributed by atoms with E-state index in [2.05, 4.69) is 19.2 Å². The van der Waals surface area contributed by atoms with Gasteiger partial charge in [-0.2, -0.15) is 0 Å². The molecule has 0 aliphatic carbocycles. The molecule has 1 amide bonds. The average molecular weight is 295 g/mol. The topological polar surface area (TPSA) is 84.9 Å². The van der Waals surface area contributed by atoms with Crippen LogP contribution in [0.4, 0.5) is 0 Å². The van der Waals surface area contributed by atoms with E-state index in [1.54, 1.807) is 6.07 Å². The van der Waals surface area contributed by atoms with Gasteiger partial charge in [0, 0.05) is 6.54 Å². The fraction of sp³-hybridized carbons (Fsp3) is 0.467. The van der Waals surface area contributed by atoms with Crippen molar-refractivity contribution in [2.45, 2.75) is 19.8 Å². The lowest BCUT2D eigenvalue weighted by atomic mass is 10.0. The first-order valence-electron chi connectivity index (χ1n) is 6.78. The summed E-state index contributed by atoms with van der Waals surface area (Å²) in [6, 6.07) is 7.61. The molecule has 21 heavy (non-hydrogen) atoms. The summed E-state index contributed by atoms with van der Waals surface area (Å²) in [5, 5.41) is 10.9. The highest BCUT2D eigenvalue weighted by molar-refractivity contribution is 5.77. The number of carbonyl (C=O) groups excluding carboxylic acids is 1. The number of benzene rings is 1. The number of amides is 1. The van der Waals surface area contributed by atoms with Gasteiger partial charge < -0.3 is 19.9 Å². The number of nitrogens with one attached hydrogen (secondary N) is 1. The van der Waals surface area contributed by atoms with Crippen LogP contribution in [0.3, 0.4) is 0 Å². The smallest absolute Gasteiger partial charge is 0.329 e. The summed E-state index contributed by atoms with van der Waals surface area (Å²) in [4.78, 5) is 21.7. The third-order valence-electron chi connectivity index (χ3n) is 2.69. The Balaban J connectivity index is 2.23. The van der Waals surface area contributed by atoms with Gasteiger partial charge in [-0.1, -0.05) is 26.0 Å². The quantitative estimate of drug-likeness (QED) is 0.673. The summed E-state index contributed by atoms with van der Waals surface area (Å²) in [5.74, 6) is -0.259. The lowest BCUT2D eigenvalue weighted by Gasteiger charge is -2.10. The fourth-order valence-corrected chi connectivity index (χ4v) is 1.59. The molecule has 1 rings (SSSR count). The first-order chi connectivity index (χ1) is 9.99. The maximum atomic E-state index is 11.5. The van der Waals surface area contributed by atoms with Gasteiger partial charge in [0.25, 0.3) is 5.91 Å². The summed E-state index contributed by atoms with van der Waals surface area (Å²) >= 11 is 0. The summed E-state index contributed by atoms with van der Waals surface area (Å²) in [6.45, 7) is 4.13. The lowest BCUT2D eigenvalue weighted by molar-refractivity contribution is -0.142. The van der Waals surface area contributed by atoms with Crippen LogP contribution < -0.4 is 10.1 Å². The molecule has 0 radical (unpaired) electrons. The normalized spacial score (nSPS) is 10.4. The van der Waals surface area contributed by atoms with Crippen molar-refractivity contribution in [1.82, 2.24) is 5.32 Å². The van der Waals surface area contributed by atoms with Crippen LogP contribution in [0.15, 0.2) is 24.3 Å². The molecule has 0 fully saturated rings. The molecule has 1 aromatic carbocycles. The van der Waals surface area contributed by atoms with Crippen LogP contribution in [0.5, 0.6) is 5.75 Å².